The van der Waals surface area contributed by atoms with Gasteiger partial charge < -0.3 is 9.64 Å². The van der Waals surface area contributed by atoms with Crippen LogP contribution >= 0.6 is 22.9 Å². The summed E-state index contributed by atoms with van der Waals surface area (Å²) in [5.41, 5.74) is 2.26. The average Bonchev–Trinajstić information content (AvgIpc) is 2.81. The first-order chi connectivity index (χ1) is 9.10. The maximum absolute atomic E-state index is 12.2. The van der Waals surface area contributed by atoms with Gasteiger partial charge >= 0.3 is 0 Å². The second-order valence-corrected chi connectivity index (χ2v) is 5.67. The summed E-state index contributed by atoms with van der Waals surface area (Å²) < 4.78 is 5.19. The number of aryl methyl sites for hydroxylation is 2. The third-order valence-electron chi connectivity index (χ3n) is 3.09. The summed E-state index contributed by atoms with van der Waals surface area (Å²) in [5, 5.41) is 2.14. The number of rotatable bonds is 7. The van der Waals surface area contributed by atoms with E-state index in [9.17, 15) is 4.79 Å². The lowest BCUT2D eigenvalue weighted by Gasteiger charge is -2.30. The Kier molecular flexibility index (Phi) is 6.83. The Morgan fingerprint density at radius 2 is 2.16 bits per heavy atom. The number of halogens is 1. The summed E-state index contributed by atoms with van der Waals surface area (Å²) in [5.74, 6) is -0.0649. The lowest BCUT2D eigenvalue weighted by atomic mass is 10.1. The van der Waals surface area contributed by atoms with E-state index >= 15 is 0 Å². The number of carbonyl (C=O) groups is 1. The zero-order valence-electron chi connectivity index (χ0n) is 12.0. The van der Waals surface area contributed by atoms with Gasteiger partial charge in [0.1, 0.15) is 5.88 Å². The highest BCUT2D eigenvalue weighted by Gasteiger charge is 2.26. The minimum absolute atomic E-state index is 0.00376. The molecule has 0 spiro atoms. The molecule has 1 unspecified atom stereocenters. The summed E-state index contributed by atoms with van der Waals surface area (Å²) in [6.45, 7) is 6.71. The number of nitrogens with zero attached hydrogens (tertiary/aromatic N) is 1. The lowest BCUT2D eigenvalue weighted by Crippen LogP contribution is -2.42. The summed E-state index contributed by atoms with van der Waals surface area (Å²) in [7, 11) is 1.65. The van der Waals surface area contributed by atoms with Crippen molar-refractivity contribution in [1.29, 1.82) is 0 Å². The van der Waals surface area contributed by atoms with E-state index in [4.69, 9.17) is 16.3 Å². The van der Waals surface area contributed by atoms with E-state index in [-0.39, 0.29) is 17.8 Å². The van der Waals surface area contributed by atoms with Gasteiger partial charge in [0.05, 0.1) is 18.3 Å². The summed E-state index contributed by atoms with van der Waals surface area (Å²) >= 11 is 7.48. The first kappa shape index (κ1) is 16.5. The molecule has 1 atom stereocenters. The fraction of sp³-hybridized carbons (Fsp3) is 0.643. The van der Waals surface area contributed by atoms with E-state index in [0.29, 0.717) is 6.61 Å². The van der Waals surface area contributed by atoms with Gasteiger partial charge in [0.15, 0.2) is 0 Å². The lowest BCUT2D eigenvalue weighted by molar-refractivity contribution is -0.116. The molecule has 1 aromatic heterocycles. The number of hydrogen-bond acceptors (Lipinski definition) is 3. The van der Waals surface area contributed by atoms with Crippen LogP contribution in [0.3, 0.4) is 0 Å². The van der Waals surface area contributed by atoms with Crippen LogP contribution in [0.5, 0.6) is 0 Å². The zero-order valence-corrected chi connectivity index (χ0v) is 13.6. The minimum atomic E-state index is -0.0611. The van der Waals surface area contributed by atoms with E-state index < -0.39 is 0 Å². The van der Waals surface area contributed by atoms with E-state index in [1.807, 2.05) is 11.8 Å². The van der Waals surface area contributed by atoms with Crippen LogP contribution in [-0.2, 0) is 22.4 Å². The Hall–Kier alpha value is -0.580. The van der Waals surface area contributed by atoms with Crippen molar-refractivity contribution in [3.63, 3.8) is 0 Å². The highest BCUT2D eigenvalue weighted by molar-refractivity contribution is 7.10. The Balaban J connectivity index is 3.23. The quantitative estimate of drug-likeness (QED) is 0.722. The molecule has 0 aromatic carbocycles. The monoisotopic (exact) mass is 303 g/mol. The van der Waals surface area contributed by atoms with Gasteiger partial charge in [-0.2, -0.15) is 0 Å². The molecule has 3 nitrogen and oxygen atoms in total. The first-order valence-corrected chi connectivity index (χ1v) is 7.98. The molecule has 0 radical (unpaired) electrons. The van der Waals surface area contributed by atoms with Gasteiger partial charge in [-0.15, -0.1) is 22.9 Å². The Labute approximate surface area is 124 Å². The van der Waals surface area contributed by atoms with Crippen LogP contribution in [-0.4, -0.2) is 31.5 Å². The second kappa shape index (κ2) is 7.88. The molecule has 108 valence electrons. The molecule has 1 rings (SSSR count). The van der Waals surface area contributed by atoms with Gasteiger partial charge in [-0.25, -0.2) is 0 Å². The van der Waals surface area contributed by atoms with E-state index in [1.54, 1.807) is 18.4 Å². The van der Waals surface area contributed by atoms with Crippen LogP contribution in [0.4, 0.5) is 5.69 Å². The van der Waals surface area contributed by atoms with Crippen molar-refractivity contribution in [2.75, 3.05) is 24.5 Å². The molecule has 0 aliphatic rings. The Morgan fingerprint density at radius 3 is 2.63 bits per heavy atom. The fourth-order valence-electron chi connectivity index (χ4n) is 2.19. The van der Waals surface area contributed by atoms with Crippen LogP contribution in [0.15, 0.2) is 5.38 Å². The zero-order chi connectivity index (χ0) is 14.4. The number of anilines is 1. The van der Waals surface area contributed by atoms with Crippen LogP contribution in [0.1, 0.15) is 31.2 Å². The fourth-order valence-corrected chi connectivity index (χ4v) is 3.39. The van der Waals surface area contributed by atoms with Crippen molar-refractivity contribution >= 4 is 34.5 Å². The van der Waals surface area contributed by atoms with Crippen LogP contribution in [0.25, 0.3) is 0 Å². The number of carbonyl (C=O) groups excluding carboxylic acids is 1. The van der Waals surface area contributed by atoms with Gasteiger partial charge in [0.2, 0.25) is 5.91 Å². The molecule has 1 amide bonds. The average molecular weight is 304 g/mol. The maximum atomic E-state index is 12.2. The number of hydrogen-bond donors (Lipinski definition) is 0. The summed E-state index contributed by atoms with van der Waals surface area (Å²) in [4.78, 5) is 15.3. The molecule has 0 bridgehead atoms. The third kappa shape index (κ3) is 3.71. The van der Waals surface area contributed by atoms with Crippen LogP contribution < -0.4 is 4.90 Å². The number of amides is 1. The number of methoxy groups -OCH3 is 1. The molecule has 0 fully saturated rings. The van der Waals surface area contributed by atoms with Crippen LogP contribution in [0, 0.1) is 0 Å². The molecule has 1 aromatic rings. The molecule has 5 heteroatoms. The second-order valence-electron chi connectivity index (χ2n) is 4.44. The predicted molar refractivity (Wildman–Crippen MR) is 82.6 cm³/mol. The summed E-state index contributed by atoms with van der Waals surface area (Å²) in [6, 6.07) is -0.0125. The number of ether oxygens (including phenoxy) is 1. The molecular weight excluding hydrogens is 282 g/mol. The number of alkyl halides is 1. The molecule has 0 saturated carbocycles. The maximum Gasteiger partial charge on any atom is 0.242 e. The van der Waals surface area contributed by atoms with Gasteiger partial charge in [0, 0.05) is 12.0 Å². The van der Waals surface area contributed by atoms with Crippen molar-refractivity contribution in [1.82, 2.24) is 0 Å². The first-order valence-electron chi connectivity index (χ1n) is 6.56. The molecule has 19 heavy (non-hydrogen) atoms. The Morgan fingerprint density at radius 1 is 1.47 bits per heavy atom. The smallest absolute Gasteiger partial charge is 0.242 e. The van der Waals surface area contributed by atoms with Crippen LogP contribution in [0.2, 0.25) is 0 Å². The van der Waals surface area contributed by atoms with E-state index in [1.165, 1.54) is 10.4 Å². The Bertz CT molecular complexity index is 398. The molecule has 0 aliphatic carbocycles. The standard InChI is InChI=1S/C14H22ClNO2S/c1-5-11-9-19-12(6-2)14(11)16(13(17)7-15)10(3)8-18-4/h9-10H,5-8H2,1-4H3. The van der Waals surface area contributed by atoms with E-state index in [0.717, 1.165) is 18.5 Å². The topological polar surface area (TPSA) is 29.5 Å². The normalized spacial score (nSPS) is 12.5. The highest BCUT2D eigenvalue weighted by Crippen LogP contribution is 2.34. The van der Waals surface area contributed by atoms with Crippen molar-refractivity contribution in [3.8, 4) is 0 Å². The van der Waals surface area contributed by atoms with Crippen molar-refractivity contribution in [2.24, 2.45) is 0 Å². The van der Waals surface area contributed by atoms with Crippen molar-refractivity contribution in [3.05, 3.63) is 15.8 Å². The molecular formula is C14H22ClNO2S. The van der Waals surface area contributed by atoms with Gasteiger partial charge in [0.25, 0.3) is 0 Å². The van der Waals surface area contributed by atoms with Crippen molar-refractivity contribution in [2.45, 2.75) is 39.7 Å². The largest absolute Gasteiger partial charge is 0.383 e. The van der Waals surface area contributed by atoms with E-state index in [2.05, 4.69) is 19.2 Å². The molecule has 0 N–H and O–H groups in total. The van der Waals surface area contributed by atoms with Crippen molar-refractivity contribution < 1.29 is 9.53 Å². The number of thiophene rings is 1. The van der Waals surface area contributed by atoms with Gasteiger partial charge in [-0.3, -0.25) is 4.79 Å². The highest BCUT2D eigenvalue weighted by atomic mass is 35.5. The third-order valence-corrected chi connectivity index (χ3v) is 4.48. The SMILES string of the molecule is CCc1csc(CC)c1N(C(=O)CCl)C(C)COC. The molecule has 1 heterocycles. The van der Waals surface area contributed by atoms with Gasteiger partial charge in [-0.05, 0) is 30.7 Å². The molecule has 0 saturated heterocycles. The minimum Gasteiger partial charge on any atom is -0.383 e. The predicted octanol–water partition coefficient (Wildman–Crippen LogP) is 3.48. The van der Waals surface area contributed by atoms with Gasteiger partial charge in [-0.1, -0.05) is 13.8 Å². The summed E-state index contributed by atoms with van der Waals surface area (Å²) in [6.07, 6.45) is 1.84. The molecule has 0 aliphatic heterocycles.